The maximum Gasteiger partial charge on any atom is 0.0595 e. The molecule has 3 nitrogen and oxygen atoms in total. The monoisotopic (exact) mass is 186 g/mol. The second-order valence-corrected chi connectivity index (χ2v) is 4.27. The first kappa shape index (κ1) is 11.0. The lowest BCUT2D eigenvalue weighted by atomic mass is 9.97. The molecule has 1 saturated heterocycles. The third kappa shape index (κ3) is 2.93. The van der Waals surface area contributed by atoms with Crippen LogP contribution in [0.15, 0.2) is 0 Å². The Balaban J connectivity index is 2.43. The van der Waals surface area contributed by atoms with E-state index in [0.717, 1.165) is 6.54 Å². The first-order valence-corrected chi connectivity index (χ1v) is 5.27. The maximum atomic E-state index is 8.89. The zero-order chi connectivity index (χ0) is 9.84. The van der Waals surface area contributed by atoms with Gasteiger partial charge >= 0.3 is 0 Å². The van der Waals surface area contributed by atoms with Crippen molar-refractivity contribution in [3.05, 3.63) is 0 Å². The van der Waals surface area contributed by atoms with Gasteiger partial charge < -0.3 is 10.8 Å². The van der Waals surface area contributed by atoms with Crippen molar-refractivity contribution in [2.24, 2.45) is 5.73 Å². The quantitative estimate of drug-likeness (QED) is 0.677. The Morgan fingerprint density at radius 1 is 1.38 bits per heavy atom. The normalized spacial score (nSPS) is 33.2. The Labute approximate surface area is 80.9 Å². The molecule has 1 rings (SSSR count). The number of hydrogen-bond acceptors (Lipinski definition) is 3. The van der Waals surface area contributed by atoms with E-state index in [0.29, 0.717) is 12.1 Å². The van der Waals surface area contributed by atoms with Crippen molar-refractivity contribution in [1.82, 2.24) is 4.90 Å². The molecule has 0 bridgehead atoms. The molecule has 3 unspecified atom stereocenters. The summed E-state index contributed by atoms with van der Waals surface area (Å²) in [6, 6.07) is 1.17. The van der Waals surface area contributed by atoms with E-state index in [1.54, 1.807) is 0 Å². The Bertz CT molecular complexity index is 142. The first-order valence-electron chi connectivity index (χ1n) is 5.27. The van der Waals surface area contributed by atoms with Gasteiger partial charge in [0.2, 0.25) is 0 Å². The van der Waals surface area contributed by atoms with Gasteiger partial charge in [-0.15, -0.1) is 0 Å². The van der Waals surface area contributed by atoms with E-state index in [-0.39, 0.29) is 12.6 Å². The highest BCUT2D eigenvalue weighted by Crippen LogP contribution is 2.21. The summed E-state index contributed by atoms with van der Waals surface area (Å²) in [4.78, 5) is 2.42. The number of piperidine rings is 1. The molecule has 0 aromatic carbocycles. The van der Waals surface area contributed by atoms with Crippen LogP contribution < -0.4 is 5.73 Å². The lowest BCUT2D eigenvalue weighted by Crippen LogP contribution is -2.50. The Hall–Kier alpha value is -0.120. The fraction of sp³-hybridized carbons (Fsp3) is 1.00. The summed E-state index contributed by atoms with van der Waals surface area (Å²) in [5, 5.41) is 8.89. The van der Waals surface area contributed by atoms with Crippen LogP contribution in [0.2, 0.25) is 0 Å². The maximum absolute atomic E-state index is 8.89. The van der Waals surface area contributed by atoms with E-state index < -0.39 is 0 Å². The van der Waals surface area contributed by atoms with Crippen molar-refractivity contribution in [2.45, 2.75) is 51.2 Å². The van der Waals surface area contributed by atoms with Crippen LogP contribution in [-0.4, -0.2) is 41.3 Å². The van der Waals surface area contributed by atoms with Gasteiger partial charge in [0.25, 0.3) is 0 Å². The average molecular weight is 186 g/mol. The molecule has 1 aliphatic rings. The summed E-state index contributed by atoms with van der Waals surface area (Å²) in [7, 11) is 0. The SMILES string of the molecule is CC1CCCC(C)N1CC(N)CO. The zero-order valence-electron chi connectivity index (χ0n) is 8.74. The average Bonchev–Trinajstić information content (AvgIpc) is 2.11. The van der Waals surface area contributed by atoms with Gasteiger partial charge in [0.1, 0.15) is 0 Å². The van der Waals surface area contributed by atoms with Crippen molar-refractivity contribution in [1.29, 1.82) is 0 Å². The Morgan fingerprint density at radius 3 is 2.38 bits per heavy atom. The van der Waals surface area contributed by atoms with Crippen molar-refractivity contribution in [2.75, 3.05) is 13.2 Å². The third-order valence-corrected chi connectivity index (χ3v) is 3.06. The van der Waals surface area contributed by atoms with Crippen LogP contribution in [-0.2, 0) is 0 Å². The molecule has 0 aromatic heterocycles. The van der Waals surface area contributed by atoms with Gasteiger partial charge in [-0.3, -0.25) is 4.90 Å². The topological polar surface area (TPSA) is 49.5 Å². The van der Waals surface area contributed by atoms with Gasteiger partial charge in [0.15, 0.2) is 0 Å². The Kier molecular flexibility index (Phi) is 4.16. The molecule has 1 aliphatic heterocycles. The van der Waals surface area contributed by atoms with Gasteiger partial charge in [-0.25, -0.2) is 0 Å². The van der Waals surface area contributed by atoms with E-state index in [9.17, 15) is 0 Å². The highest BCUT2D eigenvalue weighted by Gasteiger charge is 2.25. The summed E-state index contributed by atoms with van der Waals surface area (Å²) < 4.78 is 0. The highest BCUT2D eigenvalue weighted by atomic mass is 16.3. The molecule has 0 radical (unpaired) electrons. The van der Waals surface area contributed by atoms with Gasteiger partial charge in [0, 0.05) is 24.7 Å². The molecule has 1 heterocycles. The van der Waals surface area contributed by atoms with Gasteiger partial charge in [-0.2, -0.15) is 0 Å². The third-order valence-electron chi connectivity index (χ3n) is 3.06. The molecule has 0 amide bonds. The van der Waals surface area contributed by atoms with Crippen LogP contribution in [0.4, 0.5) is 0 Å². The zero-order valence-corrected chi connectivity index (χ0v) is 8.74. The summed E-state index contributed by atoms with van der Waals surface area (Å²) >= 11 is 0. The Morgan fingerprint density at radius 2 is 1.92 bits per heavy atom. The van der Waals surface area contributed by atoms with Crippen LogP contribution in [0.5, 0.6) is 0 Å². The fourth-order valence-corrected chi connectivity index (χ4v) is 2.16. The van der Waals surface area contributed by atoms with Crippen molar-refractivity contribution < 1.29 is 5.11 Å². The molecule has 3 heteroatoms. The van der Waals surface area contributed by atoms with E-state index in [4.69, 9.17) is 10.8 Å². The number of likely N-dealkylation sites (tertiary alicyclic amines) is 1. The summed E-state index contributed by atoms with van der Waals surface area (Å²) in [6.45, 7) is 5.42. The number of nitrogens with two attached hydrogens (primary N) is 1. The lowest BCUT2D eigenvalue weighted by Gasteiger charge is -2.40. The van der Waals surface area contributed by atoms with Gasteiger partial charge in [0.05, 0.1) is 6.61 Å². The molecular weight excluding hydrogens is 164 g/mol. The predicted molar refractivity (Wildman–Crippen MR) is 54.5 cm³/mol. The molecule has 3 atom stereocenters. The predicted octanol–water partition coefficient (Wildman–Crippen LogP) is 0.569. The number of rotatable bonds is 3. The molecule has 0 spiro atoms. The van der Waals surface area contributed by atoms with E-state index in [1.165, 1.54) is 19.3 Å². The van der Waals surface area contributed by atoms with E-state index >= 15 is 0 Å². The highest BCUT2D eigenvalue weighted by molar-refractivity contribution is 4.82. The standard InChI is InChI=1S/C10H22N2O/c1-8-4-3-5-9(2)12(8)6-10(11)7-13/h8-10,13H,3-7,11H2,1-2H3. The van der Waals surface area contributed by atoms with Crippen LogP contribution in [0, 0.1) is 0 Å². The second kappa shape index (κ2) is 4.94. The minimum Gasteiger partial charge on any atom is -0.395 e. The van der Waals surface area contributed by atoms with Crippen molar-refractivity contribution in [3.63, 3.8) is 0 Å². The summed E-state index contributed by atoms with van der Waals surface area (Å²) in [5.41, 5.74) is 5.74. The number of nitrogens with zero attached hydrogens (tertiary/aromatic N) is 1. The number of hydrogen-bond donors (Lipinski definition) is 2. The van der Waals surface area contributed by atoms with Crippen molar-refractivity contribution >= 4 is 0 Å². The fourth-order valence-electron chi connectivity index (χ4n) is 2.16. The summed E-state index contributed by atoms with van der Waals surface area (Å²) in [6.07, 6.45) is 3.86. The molecule has 78 valence electrons. The second-order valence-electron chi connectivity index (χ2n) is 4.27. The molecule has 0 aliphatic carbocycles. The molecule has 1 fully saturated rings. The molecule has 0 aromatic rings. The van der Waals surface area contributed by atoms with Crippen LogP contribution >= 0.6 is 0 Å². The molecule has 0 saturated carbocycles. The van der Waals surface area contributed by atoms with E-state index in [1.807, 2.05) is 0 Å². The van der Waals surface area contributed by atoms with Gasteiger partial charge in [-0.1, -0.05) is 6.42 Å². The minimum absolute atomic E-state index is 0.0806. The van der Waals surface area contributed by atoms with Crippen LogP contribution in [0.25, 0.3) is 0 Å². The van der Waals surface area contributed by atoms with Gasteiger partial charge in [-0.05, 0) is 26.7 Å². The minimum atomic E-state index is -0.0806. The van der Waals surface area contributed by atoms with Crippen LogP contribution in [0.1, 0.15) is 33.1 Å². The molecule has 3 N–H and O–H groups in total. The first-order chi connectivity index (χ1) is 6.15. The largest absolute Gasteiger partial charge is 0.395 e. The summed E-state index contributed by atoms with van der Waals surface area (Å²) in [5.74, 6) is 0. The number of aliphatic hydroxyl groups is 1. The lowest BCUT2D eigenvalue weighted by molar-refractivity contribution is 0.0858. The molecular formula is C10H22N2O. The van der Waals surface area contributed by atoms with E-state index in [2.05, 4.69) is 18.7 Å². The molecule has 13 heavy (non-hydrogen) atoms. The smallest absolute Gasteiger partial charge is 0.0595 e. The number of aliphatic hydroxyl groups excluding tert-OH is 1. The van der Waals surface area contributed by atoms with Crippen molar-refractivity contribution in [3.8, 4) is 0 Å². The van der Waals surface area contributed by atoms with Crippen LogP contribution in [0.3, 0.4) is 0 Å².